The zero-order chi connectivity index (χ0) is 14.2. The van der Waals surface area contributed by atoms with E-state index in [-0.39, 0.29) is 0 Å². The Morgan fingerprint density at radius 1 is 1.15 bits per heavy atom. The van der Waals surface area contributed by atoms with Crippen LogP contribution >= 0.6 is 11.6 Å². The van der Waals surface area contributed by atoms with Crippen molar-refractivity contribution in [3.63, 3.8) is 0 Å². The van der Waals surface area contributed by atoms with E-state index in [9.17, 15) is 0 Å². The minimum atomic E-state index is 0.686. The van der Waals surface area contributed by atoms with Crippen LogP contribution in [0.4, 0.5) is 0 Å². The molecule has 1 aliphatic carbocycles. The number of halogens is 1. The van der Waals surface area contributed by atoms with Crippen LogP contribution in [0.2, 0.25) is 5.02 Å². The first-order valence-electron chi connectivity index (χ1n) is 7.86. The summed E-state index contributed by atoms with van der Waals surface area (Å²) in [4.78, 5) is 0. The van der Waals surface area contributed by atoms with E-state index in [0.717, 1.165) is 31.2 Å². The average Bonchev–Trinajstić information content (AvgIpc) is 2.41. The molecule has 0 spiro atoms. The fraction of sp³-hybridized carbons (Fsp3) is 0.647. The zero-order valence-electron chi connectivity index (χ0n) is 12.4. The van der Waals surface area contributed by atoms with Crippen molar-refractivity contribution in [1.29, 1.82) is 0 Å². The van der Waals surface area contributed by atoms with Gasteiger partial charge in [0.05, 0.1) is 0 Å². The molecule has 0 heterocycles. The van der Waals surface area contributed by atoms with Gasteiger partial charge in [-0.1, -0.05) is 37.1 Å². The fourth-order valence-electron chi connectivity index (χ4n) is 2.62. The molecule has 0 atom stereocenters. The summed E-state index contributed by atoms with van der Waals surface area (Å²) in [5.74, 6) is 0.713. The second-order valence-electron chi connectivity index (χ2n) is 5.69. The Morgan fingerprint density at radius 3 is 2.55 bits per heavy atom. The largest absolute Gasteiger partial charge is 0.381 e. The van der Waals surface area contributed by atoms with Gasteiger partial charge in [0.15, 0.2) is 0 Å². The average molecular weight is 296 g/mol. The molecular weight excluding hydrogens is 270 g/mol. The van der Waals surface area contributed by atoms with Crippen LogP contribution in [0.3, 0.4) is 0 Å². The lowest BCUT2D eigenvalue weighted by atomic mass is 9.76. The third-order valence-electron chi connectivity index (χ3n) is 4.02. The van der Waals surface area contributed by atoms with E-state index in [0.29, 0.717) is 12.0 Å². The van der Waals surface area contributed by atoms with Crippen LogP contribution in [0, 0.1) is 0 Å². The number of ether oxygens (including phenoxy) is 1. The highest BCUT2D eigenvalue weighted by Crippen LogP contribution is 2.37. The first-order valence-corrected chi connectivity index (χ1v) is 8.24. The first-order chi connectivity index (χ1) is 9.79. The molecule has 3 heteroatoms. The normalized spacial score (nSPS) is 21.7. The summed E-state index contributed by atoms with van der Waals surface area (Å²) in [5.41, 5.74) is 1.43. The third-order valence-corrected chi connectivity index (χ3v) is 4.27. The number of hydrogen-bond acceptors (Lipinski definition) is 2. The van der Waals surface area contributed by atoms with Crippen LogP contribution in [0.25, 0.3) is 0 Å². The Morgan fingerprint density at radius 2 is 1.85 bits per heavy atom. The fourth-order valence-corrected chi connectivity index (χ4v) is 2.75. The van der Waals surface area contributed by atoms with E-state index < -0.39 is 0 Å². The van der Waals surface area contributed by atoms with E-state index in [2.05, 4.69) is 24.4 Å². The van der Waals surface area contributed by atoms with E-state index in [1.54, 1.807) is 0 Å². The van der Waals surface area contributed by atoms with Crippen molar-refractivity contribution in [3.8, 4) is 0 Å². The lowest BCUT2D eigenvalue weighted by Crippen LogP contribution is -2.40. The Labute approximate surface area is 127 Å². The summed E-state index contributed by atoms with van der Waals surface area (Å²) in [6.45, 7) is 5.07. The Bertz CT molecular complexity index is 373. The monoisotopic (exact) mass is 295 g/mol. The molecule has 1 aromatic carbocycles. The van der Waals surface area contributed by atoms with Gasteiger partial charge in [-0.15, -0.1) is 0 Å². The molecule has 0 radical (unpaired) electrons. The molecule has 0 bridgehead atoms. The highest BCUT2D eigenvalue weighted by molar-refractivity contribution is 6.30. The van der Waals surface area contributed by atoms with E-state index in [1.165, 1.54) is 31.2 Å². The number of hydrogen-bond donors (Lipinski definition) is 1. The second kappa shape index (κ2) is 8.66. The summed E-state index contributed by atoms with van der Waals surface area (Å²) >= 11 is 5.91. The van der Waals surface area contributed by atoms with Gasteiger partial charge in [-0.3, -0.25) is 0 Å². The van der Waals surface area contributed by atoms with Gasteiger partial charge in [-0.05, 0) is 55.8 Å². The Hall–Kier alpha value is -0.570. The van der Waals surface area contributed by atoms with Crippen LogP contribution in [-0.2, 0) is 4.74 Å². The van der Waals surface area contributed by atoms with Gasteiger partial charge < -0.3 is 10.1 Å². The first kappa shape index (κ1) is 15.8. The van der Waals surface area contributed by atoms with Gasteiger partial charge in [0.1, 0.15) is 0 Å². The molecule has 112 valence electrons. The molecule has 1 fully saturated rings. The quantitative estimate of drug-likeness (QED) is 0.683. The number of unbranched alkanes of at least 4 members (excludes halogenated alkanes) is 1. The standard InChI is InChI=1S/C17H26ClNO/c1-2-3-10-20-11-4-9-19-17-12-15(13-17)14-5-7-16(18)8-6-14/h5-8,15,17,19H,2-4,9-13H2,1H3. The van der Waals surface area contributed by atoms with Gasteiger partial charge in [-0.2, -0.15) is 0 Å². The molecule has 1 N–H and O–H groups in total. The van der Waals surface area contributed by atoms with Gasteiger partial charge in [-0.25, -0.2) is 0 Å². The molecule has 0 saturated heterocycles. The van der Waals surface area contributed by atoms with Crippen LogP contribution in [0.15, 0.2) is 24.3 Å². The Kier molecular flexibility index (Phi) is 6.85. The van der Waals surface area contributed by atoms with Crippen molar-refractivity contribution < 1.29 is 4.74 Å². The summed E-state index contributed by atoms with van der Waals surface area (Å²) in [7, 11) is 0. The van der Waals surface area contributed by atoms with Gasteiger partial charge in [0.25, 0.3) is 0 Å². The van der Waals surface area contributed by atoms with Gasteiger partial charge in [0.2, 0.25) is 0 Å². The molecule has 0 aliphatic heterocycles. The van der Waals surface area contributed by atoms with E-state index in [1.807, 2.05) is 12.1 Å². The maximum absolute atomic E-state index is 5.91. The molecule has 0 aromatic heterocycles. The van der Waals surface area contributed by atoms with E-state index >= 15 is 0 Å². The molecule has 1 aliphatic rings. The predicted molar refractivity (Wildman–Crippen MR) is 85.6 cm³/mol. The molecule has 1 aromatic rings. The summed E-state index contributed by atoms with van der Waals surface area (Å²) in [5, 5.41) is 4.44. The topological polar surface area (TPSA) is 21.3 Å². The minimum Gasteiger partial charge on any atom is -0.381 e. The molecule has 0 amide bonds. The molecule has 20 heavy (non-hydrogen) atoms. The van der Waals surface area contributed by atoms with Crippen LogP contribution in [0.1, 0.15) is 50.5 Å². The van der Waals surface area contributed by atoms with Crippen LogP contribution < -0.4 is 5.32 Å². The van der Waals surface area contributed by atoms with Crippen molar-refractivity contribution in [2.75, 3.05) is 19.8 Å². The minimum absolute atomic E-state index is 0.686. The highest BCUT2D eigenvalue weighted by atomic mass is 35.5. The van der Waals surface area contributed by atoms with Crippen molar-refractivity contribution in [2.24, 2.45) is 0 Å². The van der Waals surface area contributed by atoms with Crippen LogP contribution in [0.5, 0.6) is 0 Å². The van der Waals surface area contributed by atoms with Gasteiger partial charge in [0, 0.05) is 24.3 Å². The van der Waals surface area contributed by atoms with Gasteiger partial charge >= 0.3 is 0 Å². The number of benzene rings is 1. The van der Waals surface area contributed by atoms with Crippen LogP contribution in [-0.4, -0.2) is 25.8 Å². The summed E-state index contributed by atoms with van der Waals surface area (Å²) < 4.78 is 5.56. The molecule has 1 saturated carbocycles. The predicted octanol–water partition coefficient (Wildman–Crippen LogP) is 4.38. The molecule has 2 rings (SSSR count). The zero-order valence-corrected chi connectivity index (χ0v) is 13.2. The molecular formula is C17H26ClNO. The lowest BCUT2D eigenvalue weighted by molar-refractivity contribution is 0.127. The maximum atomic E-state index is 5.91. The maximum Gasteiger partial charge on any atom is 0.0478 e. The second-order valence-corrected chi connectivity index (χ2v) is 6.13. The van der Waals surface area contributed by atoms with Crippen molar-refractivity contribution in [3.05, 3.63) is 34.9 Å². The SMILES string of the molecule is CCCCOCCCNC1CC(c2ccc(Cl)cc2)C1. The molecule has 0 unspecified atom stereocenters. The number of rotatable bonds is 9. The lowest BCUT2D eigenvalue weighted by Gasteiger charge is -2.36. The summed E-state index contributed by atoms with van der Waals surface area (Å²) in [6.07, 6.45) is 6.01. The Balaban J connectivity index is 1.50. The van der Waals surface area contributed by atoms with Crippen molar-refractivity contribution >= 4 is 11.6 Å². The van der Waals surface area contributed by atoms with Crippen molar-refractivity contribution in [1.82, 2.24) is 5.32 Å². The number of nitrogens with one attached hydrogen (secondary N) is 1. The van der Waals surface area contributed by atoms with Crippen molar-refractivity contribution in [2.45, 2.75) is 51.0 Å². The molecule has 2 nitrogen and oxygen atoms in total. The highest BCUT2D eigenvalue weighted by Gasteiger charge is 2.29. The van der Waals surface area contributed by atoms with E-state index in [4.69, 9.17) is 16.3 Å². The summed E-state index contributed by atoms with van der Waals surface area (Å²) in [6, 6.07) is 8.98. The third kappa shape index (κ3) is 5.08. The smallest absolute Gasteiger partial charge is 0.0478 e.